The van der Waals surface area contributed by atoms with E-state index >= 15 is 0 Å². The zero-order chi connectivity index (χ0) is 19.7. The monoisotopic (exact) mass is 388 g/mol. The Kier molecular flexibility index (Phi) is 5.66. The molecule has 0 spiro atoms. The summed E-state index contributed by atoms with van der Waals surface area (Å²) in [4.78, 5) is 26.6. The lowest BCUT2D eigenvalue weighted by Crippen LogP contribution is -2.41. The molecule has 28 heavy (non-hydrogen) atoms. The van der Waals surface area contributed by atoms with Crippen LogP contribution in [-0.4, -0.2) is 59.5 Å². The van der Waals surface area contributed by atoms with E-state index in [0.29, 0.717) is 6.54 Å². The third-order valence-corrected chi connectivity index (χ3v) is 6.23. The molecule has 152 valence electrons. The number of benzene rings is 1. The number of carbonyl (C=O) groups excluding carboxylic acids is 2. The maximum absolute atomic E-state index is 12.7. The van der Waals surface area contributed by atoms with E-state index in [2.05, 4.69) is 5.32 Å². The van der Waals surface area contributed by atoms with Gasteiger partial charge in [0, 0.05) is 24.7 Å². The van der Waals surface area contributed by atoms with E-state index in [-0.39, 0.29) is 30.7 Å². The molecule has 1 saturated carbocycles. The van der Waals surface area contributed by atoms with Crippen molar-refractivity contribution in [3.8, 4) is 0 Å². The molecular formula is C21H28N2O5. The minimum absolute atomic E-state index is 0.000365. The number of hydrogen-bond donors (Lipinski definition) is 3. The van der Waals surface area contributed by atoms with E-state index in [1.54, 1.807) is 4.90 Å². The van der Waals surface area contributed by atoms with E-state index in [1.807, 2.05) is 24.3 Å². The van der Waals surface area contributed by atoms with Crippen LogP contribution in [0.5, 0.6) is 0 Å². The van der Waals surface area contributed by atoms with Gasteiger partial charge in [0.2, 0.25) is 11.8 Å². The maximum Gasteiger partial charge on any atom is 0.229 e. The van der Waals surface area contributed by atoms with E-state index in [9.17, 15) is 19.8 Å². The van der Waals surface area contributed by atoms with Crippen LogP contribution in [-0.2, 0) is 20.7 Å². The van der Waals surface area contributed by atoms with Crippen LogP contribution in [0.1, 0.15) is 37.7 Å². The number of para-hydroxylation sites is 1. The van der Waals surface area contributed by atoms with Gasteiger partial charge in [-0.2, -0.15) is 0 Å². The van der Waals surface area contributed by atoms with Crippen LogP contribution in [0.15, 0.2) is 24.3 Å². The fourth-order valence-corrected chi connectivity index (χ4v) is 4.58. The molecule has 1 aromatic carbocycles. The highest BCUT2D eigenvalue weighted by Crippen LogP contribution is 2.30. The van der Waals surface area contributed by atoms with Gasteiger partial charge >= 0.3 is 0 Å². The molecule has 0 aromatic heterocycles. The molecule has 1 aliphatic carbocycles. The van der Waals surface area contributed by atoms with Crippen LogP contribution in [0.2, 0.25) is 0 Å². The zero-order valence-electron chi connectivity index (χ0n) is 15.9. The molecule has 3 aliphatic rings. The molecule has 4 rings (SSSR count). The number of ether oxygens (including phenoxy) is 1. The molecule has 0 radical (unpaired) electrons. The summed E-state index contributed by atoms with van der Waals surface area (Å²) in [6, 6.07) is 7.79. The molecule has 1 aromatic rings. The topological polar surface area (TPSA) is 99.1 Å². The Labute approximate surface area is 164 Å². The second-order valence-electron chi connectivity index (χ2n) is 8.05. The zero-order valence-corrected chi connectivity index (χ0v) is 15.9. The van der Waals surface area contributed by atoms with Crippen molar-refractivity contribution in [1.82, 2.24) is 5.32 Å². The molecule has 7 nitrogen and oxygen atoms in total. The fourth-order valence-electron chi connectivity index (χ4n) is 4.58. The first-order valence-corrected chi connectivity index (χ1v) is 10.2. The molecule has 2 amide bonds. The molecule has 3 N–H and O–H groups in total. The first kappa shape index (κ1) is 19.4. The lowest BCUT2D eigenvalue weighted by molar-refractivity contribution is -0.126. The lowest BCUT2D eigenvalue weighted by atomic mass is 10.0. The average molecular weight is 388 g/mol. The number of fused-ring (bicyclic) bond motifs is 1. The summed E-state index contributed by atoms with van der Waals surface area (Å²) in [7, 11) is 0. The molecule has 4 atom stereocenters. The number of nitrogens with zero attached hydrogens (tertiary/aromatic N) is 1. The van der Waals surface area contributed by atoms with Crippen molar-refractivity contribution >= 4 is 17.5 Å². The van der Waals surface area contributed by atoms with Crippen molar-refractivity contribution in [2.24, 2.45) is 5.92 Å². The van der Waals surface area contributed by atoms with Gasteiger partial charge in [-0.3, -0.25) is 9.59 Å². The minimum Gasteiger partial charge on any atom is -0.388 e. The molecule has 2 aliphatic heterocycles. The summed E-state index contributed by atoms with van der Waals surface area (Å²) in [5, 5.41) is 23.5. The number of carbonyl (C=O) groups is 2. The largest absolute Gasteiger partial charge is 0.388 e. The molecule has 1 saturated heterocycles. The van der Waals surface area contributed by atoms with Crippen molar-refractivity contribution in [3.63, 3.8) is 0 Å². The van der Waals surface area contributed by atoms with Gasteiger partial charge in [-0.1, -0.05) is 31.0 Å². The standard InChI is InChI=1S/C21H28N2O5/c24-18(23-10-9-13-5-3-4-8-15(13)23)11-16-19(25)20(26)17(28-16)12-22-21(27)14-6-1-2-7-14/h3-5,8,14,16-17,19-20,25-26H,1-2,6-7,9-12H2,(H,22,27)/t16-,17+,19-,20+/m0/s1. The predicted octanol–water partition coefficient (Wildman–Crippen LogP) is 0.761. The summed E-state index contributed by atoms with van der Waals surface area (Å²) < 4.78 is 5.75. The van der Waals surface area contributed by atoms with Gasteiger partial charge < -0.3 is 25.2 Å². The number of rotatable bonds is 5. The average Bonchev–Trinajstić information content (AvgIpc) is 3.43. The Hall–Kier alpha value is -1.96. The van der Waals surface area contributed by atoms with Gasteiger partial charge in [0.25, 0.3) is 0 Å². The first-order valence-electron chi connectivity index (χ1n) is 10.2. The molecule has 2 fully saturated rings. The second kappa shape index (κ2) is 8.19. The normalized spacial score (nSPS) is 29.9. The van der Waals surface area contributed by atoms with Crippen LogP contribution in [0.3, 0.4) is 0 Å². The number of nitrogens with one attached hydrogen (secondary N) is 1. The summed E-state index contributed by atoms with van der Waals surface area (Å²) in [5.41, 5.74) is 2.04. The number of hydrogen-bond acceptors (Lipinski definition) is 5. The van der Waals surface area contributed by atoms with Crippen molar-refractivity contribution in [1.29, 1.82) is 0 Å². The number of aliphatic hydroxyl groups is 2. The third-order valence-electron chi connectivity index (χ3n) is 6.23. The van der Waals surface area contributed by atoms with Crippen LogP contribution in [0, 0.1) is 5.92 Å². The highest BCUT2D eigenvalue weighted by molar-refractivity contribution is 5.95. The summed E-state index contributed by atoms with van der Waals surface area (Å²) in [5.74, 6) is -0.107. The van der Waals surface area contributed by atoms with Gasteiger partial charge in [0.05, 0.1) is 12.5 Å². The summed E-state index contributed by atoms with van der Waals surface area (Å²) in [6.45, 7) is 0.759. The highest BCUT2D eigenvalue weighted by Gasteiger charge is 2.44. The number of aliphatic hydroxyl groups excluding tert-OH is 2. The van der Waals surface area contributed by atoms with Gasteiger partial charge in [-0.15, -0.1) is 0 Å². The SMILES string of the molecule is O=C(NC[C@H]1O[C@@H](CC(=O)N2CCc3ccccc32)[C@H](O)[C@@H]1O)C1CCCC1. The summed E-state index contributed by atoms with van der Waals surface area (Å²) >= 11 is 0. The molecule has 7 heteroatoms. The maximum atomic E-state index is 12.7. The lowest BCUT2D eigenvalue weighted by Gasteiger charge is -2.21. The van der Waals surface area contributed by atoms with Crippen molar-refractivity contribution in [2.75, 3.05) is 18.0 Å². The van der Waals surface area contributed by atoms with Crippen LogP contribution in [0.25, 0.3) is 0 Å². The smallest absolute Gasteiger partial charge is 0.229 e. The second-order valence-corrected chi connectivity index (χ2v) is 8.05. The Morgan fingerprint density at radius 2 is 1.82 bits per heavy atom. The Morgan fingerprint density at radius 3 is 2.61 bits per heavy atom. The van der Waals surface area contributed by atoms with Crippen LogP contribution in [0.4, 0.5) is 5.69 Å². The molecular weight excluding hydrogens is 360 g/mol. The Bertz CT molecular complexity index is 733. The van der Waals surface area contributed by atoms with Gasteiger partial charge in [-0.25, -0.2) is 0 Å². The highest BCUT2D eigenvalue weighted by atomic mass is 16.5. The quantitative estimate of drug-likeness (QED) is 0.692. The van der Waals surface area contributed by atoms with E-state index in [4.69, 9.17) is 4.74 Å². The van der Waals surface area contributed by atoms with Gasteiger partial charge in [-0.05, 0) is 30.9 Å². The Morgan fingerprint density at radius 1 is 1.11 bits per heavy atom. The number of amides is 2. The third kappa shape index (κ3) is 3.79. The van der Waals surface area contributed by atoms with E-state index in [1.165, 1.54) is 0 Å². The summed E-state index contributed by atoms with van der Waals surface area (Å²) in [6.07, 6.45) is 1.02. The number of anilines is 1. The van der Waals surface area contributed by atoms with E-state index < -0.39 is 24.4 Å². The predicted molar refractivity (Wildman–Crippen MR) is 103 cm³/mol. The van der Waals surface area contributed by atoms with Crippen LogP contribution >= 0.6 is 0 Å². The molecule has 0 unspecified atom stereocenters. The minimum atomic E-state index is -1.14. The van der Waals surface area contributed by atoms with Gasteiger partial charge in [0.15, 0.2) is 0 Å². The first-order chi connectivity index (χ1) is 13.5. The molecule has 2 heterocycles. The van der Waals surface area contributed by atoms with E-state index in [0.717, 1.165) is 43.4 Å². The van der Waals surface area contributed by atoms with Crippen molar-refractivity contribution in [3.05, 3.63) is 29.8 Å². The Balaban J connectivity index is 1.32. The fraction of sp³-hybridized carbons (Fsp3) is 0.619. The van der Waals surface area contributed by atoms with Crippen molar-refractivity contribution < 1.29 is 24.5 Å². The van der Waals surface area contributed by atoms with Crippen molar-refractivity contribution in [2.45, 2.75) is 62.9 Å². The van der Waals surface area contributed by atoms with Gasteiger partial charge in [0.1, 0.15) is 18.3 Å². The van der Waals surface area contributed by atoms with Crippen LogP contribution < -0.4 is 10.2 Å². The molecule has 0 bridgehead atoms.